The molecule has 3 aromatic heterocycles. The number of nitrogens with one attached hydrogen (secondary N) is 2. The van der Waals surface area contributed by atoms with Crippen molar-refractivity contribution in [3.63, 3.8) is 0 Å². The fourth-order valence-corrected chi connectivity index (χ4v) is 2.82. The fraction of sp³-hybridized carbons (Fsp3) is 0.100. The fourth-order valence-electron chi connectivity index (χ4n) is 2.82. The Balaban J connectivity index is 1.61. The number of fused-ring (bicyclic) bond motifs is 1. The average Bonchev–Trinajstić information content (AvgIpc) is 2.66. The van der Waals surface area contributed by atoms with E-state index >= 15 is 0 Å². The second-order valence-electron chi connectivity index (χ2n) is 6.17. The zero-order chi connectivity index (χ0) is 18.8. The molecule has 4 aromatic rings. The summed E-state index contributed by atoms with van der Waals surface area (Å²) in [5, 5.41) is 3.93. The van der Waals surface area contributed by atoms with Gasteiger partial charge < -0.3 is 10.3 Å². The number of aryl methyl sites for hydroxylation is 1. The summed E-state index contributed by atoms with van der Waals surface area (Å²) in [4.78, 5) is 28.0. The zero-order valence-electron chi connectivity index (χ0n) is 14.5. The van der Waals surface area contributed by atoms with E-state index in [9.17, 15) is 9.18 Å². The van der Waals surface area contributed by atoms with Crippen LogP contribution < -0.4 is 10.9 Å². The molecule has 0 spiro atoms. The first-order chi connectivity index (χ1) is 13.1. The number of pyridine rings is 2. The maximum Gasteiger partial charge on any atom is 0.253 e. The van der Waals surface area contributed by atoms with Crippen LogP contribution in [-0.2, 0) is 6.54 Å². The van der Waals surface area contributed by atoms with Crippen LogP contribution in [0.2, 0.25) is 0 Å². The van der Waals surface area contributed by atoms with E-state index in [4.69, 9.17) is 0 Å². The van der Waals surface area contributed by atoms with E-state index in [1.807, 2.05) is 25.1 Å². The summed E-state index contributed by atoms with van der Waals surface area (Å²) in [6, 6.07) is 11.6. The van der Waals surface area contributed by atoms with Gasteiger partial charge in [-0.05, 0) is 48.7 Å². The molecule has 0 aliphatic rings. The van der Waals surface area contributed by atoms with Crippen molar-refractivity contribution in [2.75, 3.05) is 5.32 Å². The van der Waals surface area contributed by atoms with Crippen molar-refractivity contribution in [2.45, 2.75) is 13.5 Å². The van der Waals surface area contributed by atoms with Gasteiger partial charge in [-0.3, -0.25) is 9.78 Å². The molecule has 27 heavy (non-hydrogen) atoms. The molecule has 6 nitrogen and oxygen atoms in total. The van der Waals surface area contributed by atoms with Gasteiger partial charge >= 0.3 is 0 Å². The lowest BCUT2D eigenvalue weighted by Crippen LogP contribution is -2.16. The molecule has 0 fully saturated rings. The molecular weight excluding hydrogens is 345 g/mol. The third-order valence-electron chi connectivity index (χ3n) is 4.12. The highest BCUT2D eigenvalue weighted by molar-refractivity contribution is 5.78. The standard InChI is InChI=1S/C20H16FN5O/c1-12-7-18(26-19(24-12)14-3-2-6-22-10-14)23-11-15-8-13-4-5-16(21)9-17(13)25-20(15)27/h2-10H,11H2,1H3,(H,25,27)(H,23,24,26). The molecule has 2 N–H and O–H groups in total. The highest BCUT2D eigenvalue weighted by atomic mass is 19.1. The molecule has 0 amide bonds. The molecule has 7 heteroatoms. The molecule has 0 aliphatic carbocycles. The molecule has 0 saturated carbocycles. The minimum absolute atomic E-state index is 0.265. The maximum absolute atomic E-state index is 13.3. The van der Waals surface area contributed by atoms with E-state index in [0.717, 1.165) is 16.6 Å². The predicted octanol–water partition coefficient (Wildman–Crippen LogP) is 3.44. The van der Waals surface area contributed by atoms with Crippen molar-refractivity contribution in [3.8, 4) is 11.4 Å². The minimum atomic E-state index is -0.386. The Labute approximate surface area is 154 Å². The van der Waals surface area contributed by atoms with Gasteiger partial charge in [-0.15, -0.1) is 0 Å². The van der Waals surface area contributed by atoms with E-state index < -0.39 is 0 Å². The third kappa shape index (κ3) is 3.67. The number of rotatable bonds is 4. The van der Waals surface area contributed by atoms with Gasteiger partial charge in [-0.1, -0.05) is 0 Å². The lowest BCUT2D eigenvalue weighted by atomic mass is 10.1. The van der Waals surface area contributed by atoms with Gasteiger partial charge in [-0.2, -0.15) is 0 Å². The van der Waals surface area contributed by atoms with Gasteiger partial charge in [0.1, 0.15) is 11.6 Å². The Hall–Kier alpha value is -3.61. The van der Waals surface area contributed by atoms with Crippen LogP contribution in [0.15, 0.2) is 59.7 Å². The third-order valence-corrected chi connectivity index (χ3v) is 4.12. The highest BCUT2D eigenvalue weighted by Crippen LogP contribution is 2.18. The summed E-state index contributed by atoms with van der Waals surface area (Å²) in [6.45, 7) is 2.16. The summed E-state index contributed by atoms with van der Waals surface area (Å²) < 4.78 is 13.3. The minimum Gasteiger partial charge on any atom is -0.366 e. The van der Waals surface area contributed by atoms with Crippen molar-refractivity contribution in [2.24, 2.45) is 0 Å². The summed E-state index contributed by atoms with van der Waals surface area (Å²) >= 11 is 0. The molecule has 134 valence electrons. The summed E-state index contributed by atoms with van der Waals surface area (Å²) in [5.41, 5.74) is 2.36. The van der Waals surface area contributed by atoms with Crippen molar-refractivity contribution in [1.29, 1.82) is 0 Å². The summed E-state index contributed by atoms with van der Waals surface area (Å²) in [5.74, 6) is 0.789. The van der Waals surface area contributed by atoms with Crippen LogP contribution in [0.4, 0.5) is 10.2 Å². The van der Waals surface area contributed by atoms with Crippen LogP contribution >= 0.6 is 0 Å². The lowest BCUT2D eigenvalue weighted by molar-refractivity contribution is 0.629. The number of anilines is 1. The van der Waals surface area contributed by atoms with Crippen LogP contribution in [0.3, 0.4) is 0 Å². The van der Waals surface area contributed by atoms with Gasteiger partial charge in [0, 0.05) is 41.8 Å². The molecular formula is C20H16FN5O. The quantitative estimate of drug-likeness (QED) is 0.582. The molecule has 1 aromatic carbocycles. The number of benzene rings is 1. The van der Waals surface area contributed by atoms with Crippen LogP contribution in [0, 0.1) is 12.7 Å². The molecule has 0 saturated heterocycles. The van der Waals surface area contributed by atoms with Gasteiger partial charge in [0.15, 0.2) is 5.82 Å². The molecule has 4 rings (SSSR count). The number of H-pyrrole nitrogens is 1. The first kappa shape index (κ1) is 16.8. The van der Waals surface area contributed by atoms with E-state index in [2.05, 4.69) is 25.3 Å². The van der Waals surface area contributed by atoms with Crippen molar-refractivity contribution < 1.29 is 4.39 Å². The normalized spacial score (nSPS) is 10.9. The molecule has 0 radical (unpaired) electrons. The first-order valence-corrected chi connectivity index (χ1v) is 8.40. The number of nitrogens with zero attached hydrogens (tertiary/aromatic N) is 3. The monoisotopic (exact) mass is 361 g/mol. The summed E-state index contributed by atoms with van der Waals surface area (Å²) in [6.07, 6.45) is 3.39. The Bertz CT molecular complexity index is 1170. The Morgan fingerprint density at radius 3 is 2.85 bits per heavy atom. The van der Waals surface area contributed by atoms with Crippen LogP contribution in [0.25, 0.3) is 22.3 Å². The maximum atomic E-state index is 13.3. The van der Waals surface area contributed by atoms with Gasteiger partial charge in [-0.25, -0.2) is 14.4 Å². The van der Waals surface area contributed by atoms with Crippen LogP contribution in [0.5, 0.6) is 0 Å². The highest BCUT2D eigenvalue weighted by Gasteiger charge is 2.07. The number of aromatic amines is 1. The largest absolute Gasteiger partial charge is 0.366 e. The lowest BCUT2D eigenvalue weighted by Gasteiger charge is -2.09. The Morgan fingerprint density at radius 1 is 1.15 bits per heavy atom. The molecule has 0 unspecified atom stereocenters. The van der Waals surface area contributed by atoms with Gasteiger partial charge in [0.2, 0.25) is 0 Å². The Morgan fingerprint density at radius 2 is 2.04 bits per heavy atom. The van der Waals surface area contributed by atoms with Crippen LogP contribution in [-0.4, -0.2) is 19.9 Å². The molecule has 0 aliphatic heterocycles. The van der Waals surface area contributed by atoms with E-state index in [-0.39, 0.29) is 17.9 Å². The van der Waals surface area contributed by atoms with E-state index in [0.29, 0.717) is 22.7 Å². The van der Waals surface area contributed by atoms with Crippen molar-refractivity contribution in [1.82, 2.24) is 19.9 Å². The van der Waals surface area contributed by atoms with Crippen molar-refractivity contribution >= 4 is 16.7 Å². The van der Waals surface area contributed by atoms with Gasteiger partial charge in [0.05, 0.1) is 5.52 Å². The second kappa shape index (κ2) is 6.95. The average molecular weight is 361 g/mol. The zero-order valence-corrected chi connectivity index (χ0v) is 14.5. The molecule has 3 heterocycles. The molecule has 0 bridgehead atoms. The second-order valence-corrected chi connectivity index (χ2v) is 6.17. The van der Waals surface area contributed by atoms with E-state index in [1.165, 1.54) is 12.1 Å². The smallest absolute Gasteiger partial charge is 0.253 e. The van der Waals surface area contributed by atoms with E-state index in [1.54, 1.807) is 24.5 Å². The number of hydrogen-bond acceptors (Lipinski definition) is 5. The van der Waals surface area contributed by atoms with Crippen molar-refractivity contribution in [3.05, 3.63) is 82.3 Å². The first-order valence-electron chi connectivity index (χ1n) is 8.40. The number of hydrogen-bond donors (Lipinski definition) is 2. The number of aromatic nitrogens is 4. The number of halogens is 1. The SMILES string of the molecule is Cc1cc(NCc2cc3ccc(F)cc3[nH]c2=O)nc(-c2cccnc2)n1. The van der Waals surface area contributed by atoms with Crippen LogP contribution in [0.1, 0.15) is 11.3 Å². The van der Waals surface area contributed by atoms with Gasteiger partial charge in [0.25, 0.3) is 5.56 Å². The predicted molar refractivity (Wildman–Crippen MR) is 102 cm³/mol. The Kier molecular flexibility index (Phi) is 4.33. The molecule has 0 atom stereocenters. The topological polar surface area (TPSA) is 83.6 Å². The summed E-state index contributed by atoms with van der Waals surface area (Å²) in [7, 11) is 0.